The van der Waals surface area contributed by atoms with Crippen molar-refractivity contribution >= 4 is 12.2 Å². The molecule has 0 amide bonds. The Morgan fingerprint density at radius 3 is 3.00 bits per heavy atom. The van der Waals surface area contributed by atoms with Crippen LogP contribution in [0.2, 0.25) is 0 Å². The molecular weight excluding hydrogens is 116 g/mol. The van der Waals surface area contributed by atoms with E-state index in [0.29, 0.717) is 12.4 Å². The summed E-state index contributed by atoms with van der Waals surface area (Å²) in [4.78, 5) is 1.44. The van der Waals surface area contributed by atoms with Crippen LogP contribution in [0.1, 0.15) is 0 Å². The summed E-state index contributed by atoms with van der Waals surface area (Å²) in [5.41, 5.74) is 0. The van der Waals surface area contributed by atoms with Crippen molar-refractivity contribution in [2.24, 2.45) is 0 Å². The van der Waals surface area contributed by atoms with E-state index < -0.39 is 0 Å². The van der Waals surface area contributed by atoms with Crippen LogP contribution < -0.4 is 5.32 Å². The Labute approximate surface area is 53.2 Å². The standard InChI is InChI=1S/C5H8N4/c6-4-9-2-1-8-3-5(9)7/h1-2,4,6-8H,3H2. The van der Waals surface area contributed by atoms with Crippen molar-refractivity contribution in [2.45, 2.75) is 0 Å². The molecule has 1 heterocycles. The highest BCUT2D eigenvalue weighted by molar-refractivity contribution is 5.92. The van der Waals surface area contributed by atoms with Gasteiger partial charge < -0.3 is 5.32 Å². The van der Waals surface area contributed by atoms with Crippen molar-refractivity contribution in [3.05, 3.63) is 12.4 Å². The zero-order valence-corrected chi connectivity index (χ0v) is 4.89. The van der Waals surface area contributed by atoms with E-state index in [1.54, 1.807) is 12.4 Å². The third-order valence-corrected chi connectivity index (χ3v) is 1.07. The highest BCUT2D eigenvalue weighted by Crippen LogP contribution is 1.90. The van der Waals surface area contributed by atoms with Crippen LogP contribution in [0.3, 0.4) is 0 Å². The molecule has 1 aliphatic rings. The lowest BCUT2D eigenvalue weighted by Gasteiger charge is -2.18. The molecule has 0 aromatic carbocycles. The van der Waals surface area contributed by atoms with Crippen molar-refractivity contribution < 1.29 is 0 Å². The number of nitrogens with zero attached hydrogens (tertiary/aromatic N) is 1. The zero-order chi connectivity index (χ0) is 6.69. The number of amidine groups is 1. The van der Waals surface area contributed by atoms with Gasteiger partial charge in [0.25, 0.3) is 0 Å². The van der Waals surface area contributed by atoms with Gasteiger partial charge in [0.05, 0.1) is 12.9 Å². The van der Waals surface area contributed by atoms with Gasteiger partial charge in [-0.15, -0.1) is 0 Å². The first-order chi connectivity index (χ1) is 4.34. The second-order valence-corrected chi connectivity index (χ2v) is 1.68. The summed E-state index contributed by atoms with van der Waals surface area (Å²) < 4.78 is 0. The van der Waals surface area contributed by atoms with E-state index in [0.717, 1.165) is 6.34 Å². The zero-order valence-electron chi connectivity index (χ0n) is 4.89. The first-order valence-corrected chi connectivity index (χ1v) is 2.61. The normalized spacial score (nSPS) is 17.3. The van der Waals surface area contributed by atoms with Crippen LogP contribution in [0, 0.1) is 10.8 Å². The monoisotopic (exact) mass is 124 g/mol. The summed E-state index contributed by atoms with van der Waals surface area (Å²) >= 11 is 0. The van der Waals surface area contributed by atoms with Gasteiger partial charge >= 0.3 is 0 Å². The minimum atomic E-state index is 0.396. The second kappa shape index (κ2) is 2.30. The molecule has 0 aromatic rings. The van der Waals surface area contributed by atoms with Gasteiger partial charge in [-0.25, -0.2) is 0 Å². The van der Waals surface area contributed by atoms with Crippen LogP contribution in [0.25, 0.3) is 0 Å². The van der Waals surface area contributed by atoms with Gasteiger partial charge in [-0.1, -0.05) is 0 Å². The molecule has 0 radical (unpaired) electrons. The van der Waals surface area contributed by atoms with Gasteiger partial charge in [-0.05, 0) is 0 Å². The Morgan fingerprint density at radius 1 is 1.78 bits per heavy atom. The van der Waals surface area contributed by atoms with Crippen LogP contribution in [-0.2, 0) is 0 Å². The highest BCUT2D eigenvalue weighted by Gasteiger charge is 2.04. The Bertz CT molecular complexity index is 160. The minimum absolute atomic E-state index is 0.396. The minimum Gasteiger partial charge on any atom is -0.382 e. The van der Waals surface area contributed by atoms with Gasteiger partial charge in [0.15, 0.2) is 0 Å². The third kappa shape index (κ3) is 1.07. The number of nitrogens with one attached hydrogen (secondary N) is 3. The van der Waals surface area contributed by atoms with E-state index in [4.69, 9.17) is 10.8 Å². The second-order valence-electron chi connectivity index (χ2n) is 1.68. The number of hydrogen-bond donors (Lipinski definition) is 3. The van der Waals surface area contributed by atoms with Gasteiger partial charge in [0.1, 0.15) is 5.84 Å². The molecule has 0 spiro atoms. The maximum absolute atomic E-state index is 7.21. The Balaban J connectivity index is 2.67. The van der Waals surface area contributed by atoms with E-state index >= 15 is 0 Å². The Kier molecular flexibility index (Phi) is 1.48. The van der Waals surface area contributed by atoms with Gasteiger partial charge in [-0.3, -0.25) is 15.7 Å². The van der Waals surface area contributed by atoms with E-state index in [1.807, 2.05) is 0 Å². The maximum atomic E-state index is 7.21. The average molecular weight is 124 g/mol. The van der Waals surface area contributed by atoms with E-state index in [9.17, 15) is 0 Å². The molecule has 0 bridgehead atoms. The van der Waals surface area contributed by atoms with Crippen LogP contribution in [-0.4, -0.2) is 23.6 Å². The Morgan fingerprint density at radius 2 is 2.56 bits per heavy atom. The lowest BCUT2D eigenvalue weighted by atomic mass is 10.4. The lowest BCUT2D eigenvalue weighted by molar-refractivity contribution is 0.747. The molecule has 1 rings (SSSR count). The van der Waals surface area contributed by atoms with Crippen LogP contribution in [0.4, 0.5) is 0 Å². The smallest absolute Gasteiger partial charge is 0.125 e. The molecule has 0 atom stereocenters. The molecule has 1 aliphatic heterocycles. The first kappa shape index (κ1) is 5.81. The fourth-order valence-corrected chi connectivity index (χ4v) is 0.591. The maximum Gasteiger partial charge on any atom is 0.125 e. The lowest BCUT2D eigenvalue weighted by Crippen LogP contribution is -2.35. The first-order valence-electron chi connectivity index (χ1n) is 2.61. The summed E-state index contributed by atoms with van der Waals surface area (Å²) in [5.74, 6) is 0.396. The van der Waals surface area contributed by atoms with Crippen molar-refractivity contribution in [3.8, 4) is 0 Å². The molecule has 0 aromatic heterocycles. The van der Waals surface area contributed by atoms with Crippen LogP contribution >= 0.6 is 0 Å². The van der Waals surface area contributed by atoms with Gasteiger partial charge in [0, 0.05) is 12.4 Å². The third-order valence-electron chi connectivity index (χ3n) is 1.07. The van der Waals surface area contributed by atoms with Crippen molar-refractivity contribution in [3.63, 3.8) is 0 Å². The number of hydrogen-bond acceptors (Lipinski definition) is 3. The summed E-state index contributed by atoms with van der Waals surface area (Å²) in [6.45, 7) is 0.506. The van der Waals surface area contributed by atoms with Gasteiger partial charge in [-0.2, -0.15) is 0 Å². The summed E-state index contributed by atoms with van der Waals surface area (Å²) in [6.07, 6.45) is 4.46. The molecule has 3 N–H and O–H groups in total. The van der Waals surface area contributed by atoms with E-state index in [1.165, 1.54) is 4.90 Å². The molecular formula is C5H8N4. The molecule has 0 saturated heterocycles. The fraction of sp³-hybridized carbons (Fsp3) is 0.200. The average Bonchev–Trinajstić information content (AvgIpc) is 1.89. The topological polar surface area (TPSA) is 63.0 Å². The summed E-state index contributed by atoms with van der Waals surface area (Å²) in [5, 5.41) is 16.9. The molecule has 4 heteroatoms. The van der Waals surface area contributed by atoms with E-state index in [2.05, 4.69) is 5.32 Å². The van der Waals surface area contributed by atoms with Crippen LogP contribution in [0.15, 0.2) is 12.4 Å². The predicted molar refractivity (Wildman–Crippen MR) is 35.5 cm³/mol. The Hall–Kier alpha value is -1.32. The quantitative estimate of drug-likeness (QED) is 0.339. The summed E-state index contributed by atoms with van der Waals surface area (Å²) in [6, 6.07) is 0. The highest BCUT2D eigenvalue weighted by atomic mass is 15.2. The van der Waals surface area contributed by atoms with Crippen molar-refractivity contribution in [1.82, 2.24) is 10.2 Å². The molecule has 4 nitrogen and oxygen atoms in total. The predicted octanol–water partition coefficient (Wildman–Crippen LogP) is -0.0529. The molecule has 0 unspecified atom stereocenters. The fourth-order valence-electron chi connectivity index (χ4n) is 0.591. The van der Waals surface area contributed by atoms with E-state index in [-0.39, 0.29) is 0 Å². The van der Waals surface area contributed by atoms with Crippen LogP contribution in [0.5, 0.6) is 0 Å². The largest absolute Gasteiger partial charge is 0.382 e. The molecule has 0 fully saturated rings. The molecule has 0 aliphatic carbocycles. The molecule has 48 valence electrons. The van der Waals surface area contributed by atoms with Crippen molar-refractivity contribution in [1.29, 1.82) is 10.8 Å². The SMILES string of the molecule is N=CN1C=CNCC1=N. The van der Waals surface area contributed by atoms with Gasteiger partial charge in [0.2, 0.25) is 0 Å². The summed E-state index contributed by atoms with van der Waals surface area (Å²) in [7, 11) is 0. The van der Waals surface area contributed by atoms with Crippen molar-refractivity contribution in [2.75, 3.05) is 6.54 Å². The molecule has 9 heavy (non-hydrogen) atoms. The molecule has 0 saturated carbocycles. The number of rotatable bonds is 1.